The second kappa shape index (κ2) is 11.6. The lowest BCUT2D eigenvalue weighted by Crippen LogP contribution is -2.42. The third kappa shape index (κ3) is 5.88. The van der Waals surface area contributed by atoms with Crippen LogP contribution in [0.5, 0.6) is 0 Å². The van der Waals surface area contributed by atoms with E-state index in [4.69, 9.17) is 4.74 Å². The summed E-state index contributed by atoms with van der Waals surface area (Å²) in [6.07, 6.45) is 0.365. The van der Waals surface area contributed by atoms with E-state index in [1.165, 1.54) is 23.1 Å². The maximum absolute atomic E-state index is 12.3. The Kier molecular flexibility index (Phi) is 8.02. The second-order valence-electron chi connectivity index (χ2n) is 8.80. The largest absolute Gasteiger partial charge is 0.379 e. The van der Waals surface area contributed by atoms with Crippen molar-refractivity contribution in [2.75, 3.05) is 50.0 Å². The van der Waals surface area contributed by atoms with Gasteiger partial charge in [-0.2, -0.15) is 4.52 Å². The topological polar surface area (TPSA) is 139 Å². The number of urea groups is 1. The van der Waals surface area contributed by atoms with Gasteiger partial charge in [0.25, 0.3) is 0 Å². The van der Waals surface area contributed by atoms with E-state index < -0.39 is 0 Å². The first-order valence-corrected chi connectivity index (χ1v) is 14.0. The Balaban J connectivity index is 1.26. The van der Waals surface area contributed by atoms with Crippen LogP contribution in [0, 0.1) is 13.8 Å². The molecule has 0 radical (unpaired) electrons. The Morgan fingerprint density at radius 1 is 1.13 bits per heavy atom. The van der Waals surface area contributed by atoms with Crippen LogP contribution >= 0.6 is 23.1 Å². The van der Waals surface area contributed by atoms with E-state index in [-0.39, 0.29) is 11.9 Å². The van der Waals surface area contributed by atoms with Gasteiger partial charge in [-0.15, -0.1) is 15.3 Å². The van der Waals surface area contributed by atoms with Crippen molar-refractivity contribution >= 4 is 61.9 Å². The van der Waals surface area contributed by atoms with Gasteiger partial charge in [-0.1, -0.05) is 18.3 Å². The number of anilines is 2. The highest BCUT2D eigenvalue weighted by Gasteiger charge is 2.17. The van der Waals surface area contributed by atoms with Gasteiger partial charge >= 0.3 is 6.03 Å². The van der Waals surface area contributed by atoms with Crippen LogP contribution in [0.25, 0.3) is 15.9 Å². The van der Waals surface area contributed by atoms with E-state index in [9.17, 15) is 9.59 Å². The van der Waals surface area contributed by atoms with Gasteiger partial charge < -0.3 is 15.4 Å². The summed E-state index contributed by atoms with van der Waals surface area (Å²) in [5, 5.41) is 22.9. The molecule has 0 aliphatic carbocycles. The zero-order chi connectivity index (χ0) is 26.6. The monoisotopic (exact) mass is 555 g/mol. The van der Waals surface area contributed by atoms with E-state index in [2.05, 4.69) is 41.1 Å². The molecule has 38 heavy (non-hydrogen) atoms. The third-order valence-corrected chi connectivity index (χ3v) is 8.11. The van der Waals surface area contributed by atoms with Gasteiger partial charge in [0.1, 0.15) is 0 Å². The van der Waals surface area contributed by atoms with E-state index in [1.807, 2.05) is 32.0 Å². The van der Waals surface area contributed by atoms with Gasteiger partial charge in [-0.05, 0) is 43.8 Å². The Bertz CT molecular complexity index is 1480. The summed E-state index contributed by atoms with van der Waals surface area (Å²) in [5.74, 6) is 0.396. The minimum Gasteiger partial charge on any atom is -0.379 e. The van der Waals surface area contributed by atoms with Gasteiger partial charge in [0, 0.05) is 48.6 Å². The molecule has 1 aliphatic rings. The molecule has 4 heterocycles. The van der Waals surface area contributed by atoms with Crippen LogP contribution in [0.15, 0.2) is 28.3 Å². The average Bonchev–Trinajstić information content (AvgIpc) is 3.50. The molecule has 1 saturated heterocycles. The second-order valence-corrected chi connectivity index (χ2v) is 10.9. The number of thiazole rings is 1. The molecule has 0 atom stereocenters. The van der Waals surface area contributed by atoms with Crippen LogP contribution in [-0.2, 0) is 9.53 Å². The van der Waals surface area contributed by atoms with Gasteiger partial charge in [-0.25, -0.2) is 9.78 Å². The van der Waals surface area contributed by atoms with E-state index in [0.29, 0.717) is 34.7 Å². The minimum atomic E-state index is -0.274. The van der Waals surface area contributed by atoms with E-state index in [0.717, 1.165) is 59.1 Å². The number of aryl methyl sites for hydroxylation is 1. The quantitative estimate of drug-likeness (QED) is 0.299. The fourth-order valence-electron chi connectivity index (χ4n) is 3.93. The van der Waals surface area contributed by atoms with Crippen molar-refractivity contribution in [3.63, 3.8) is 0 Å². The lowest BCUT2D eigenvalue weighted by Gasteiger charge is -2.26. The van der Waals surface area contributed by atoms with E-state index >= 15 is 0 Å². The van der Waals surface area contributed by atoms with Crippen LogP contribution in [-0.4, -0.2) is 81.0 Å². The SMILES string of the molecule is CCC(=O)Nc1nn2c(Sc3ccc4nc(NC(=O)NCCN5CCOCC5)sc4c3)nnc2c(C)c1C. The number of amides is 3. The predicted octanol–water partition coefficient (Wildman–Crippen LogP) is 3.30. The number of hydrogen-bond donors (Lipinski definition) is 3. The zero-order valence-electron chi connectivity index (χ0n) is 21.4. The smallest absolute Gasteiger partial charge is 0.321 e. The van der Waals surface area contributed by atoms with Gasteiger partial charge in [0.15, 0.2) is 16.6 Å². The van der Waals surface area contributed by atoms with Crippen LogP contribution in [0.3, 0.4) is 0 Å². The maximum Gasteiger partial charge on any atom is 0.321 e. The molecule has 5 rings (SSSR count). The number of carbonyl (C=O) groups excluding carboxylic acids is 2. The molecule has 3 aromatic heterocycles. The Morgan fingerprint density at radius 2 is 1.95 bits per heavy atom. The molecule has 0 unspecified atom stereocenters. The summed E-state index contributed by atoms with van der Waals surface area (Å²) in [4.78, 5) is 32.0. The minimum absolute atomic E-state index is 0.104. The number of nitrogens with one attached hydrogen (secondary N) is 3. The summed E-state index contributed by atoms with van der Waals surface area (Å²) < 4.78 is 7.94. The van der Waals surface area contributed by atoms with Crippen molar-refractivity contribution in [2.24, 2.45) is 0 Å². The molecule has 200 valence electrons. The summed E-state index contributed by atoms with van der Waals surface area (Å²) in [7, 11) is 0. The number of ether oxygens (including phenoxy) is 1. The number of fused-ring (bicyclic) bond motifs is 2. The number of nitrogens with zero attached hydrogens (tertiary/aromatic N) is 6. The van der Waals surface area contributed by atoms with Crippen molar-refractivity contribution in [1.82, 2.24) is 35.0 Å². The molecule has 4 aromatic rings. The molecular formula is C24H29N9O3S2. The number of rotatable bonds is 8. The molecule has 1 aromatic carbocycles. The maximum atomic E-state index is 12.3. The highest BCUT2D eigenvalue weighted by molar-refractivity contribution is 7.99. The number of carbonyl (C=O) groups is 2. The summed E-state index contributed by atoms with van der Waals surface area (Å²) in [6, 6.07) is 5.58. The number of benzene rings is 1. The van der Waals surface area contributed by atoms with Crippen molar-refractivity contribution in [2.45, 2.75) is 37.2 Å². The molecule has 12 nitrogen and oxygen atoms in total. The molecule has 0 saturated carbocycles. The molecule has 14 heteroatoms. The highest BCUT2D eigenvalue weighted by Crippen LogP contribution is 2.33. The fraction of sp³-hybridized carbons (Fsp3) is 0.417. The fourth-order valence-corrected chi connectivity index (χ4v) is 5.73. The van der Waals surface area contributed by atoms with Crippen LogP contribution < -0.4 is 16.0 Å². The molecule has 3 amide bonds. The molecule has 0 spiro atoms. The Labute approximate surface area is 227 Å². The number of morpholine rings is 1. The first-order valence-electron chi connectivity index (χ1n) is 12.4. The summed E-state index contributed by atoms with van der Waals surface area (Å²) >= 11 is 2.82. The number of aromatic nitrogens is 5. The van der Waals surface area contributed by atoms with Crippen molar-refractivity contribution in [3.8, 4) is 0 Å². The zero-order valence-corrected chi connectivity index (χ0v) is 23.0. The standard InChI is InChI=1S/C24H29N9O3S2/c1-4-19(34)27-20-14(2)15(3)21-29-30-24(33(21)31-20)37-16-5-6-17-18(13-16)38-23(26-17)28-22(35)25-7-8-32-9-11-36-12-10-32/h5-6,13H,4,7-12H2,1-3H3,(H,27,31,34)(H2,25,26,28,35). The molecule has 1 fully saturated rings. The third-order valence-electron chi connectivity index (χ3n) is 6.25. The van der Waals surface area contributed by atoms with Crippen molar-refractivity contribution in [3.05, 3.63) is 29.3 Å². The lowest BCUT2D eigenvalue weighted by molar-refractivity contribution is -0.115. The Hall–Kier alpha value is -3.33. The van der Waals surface area contributed by atoms with Gasteiger partial charge in [-0.3, -0.25) is 15.0 Å². The first kappa shape index (κ1) is 26.3. The van der Waals surface area contributed by atoms with Crippen LogP contribution in [0.2, 0.25) is 0 Å². The predicted molar refractivity (Wildman–Crippen MR) is 147 cm³/mol. The van der Waals surface area contributed by atoms with Gasteiger partial charge in [0.2, 0.25) is 11.1 Å². The summed E-state index contributed by atoms with van der Waals surface area (Å²) in [6.45, 7) is 10.2. The summed E-state index contributed by atoms with van der Waals surface area (Å²) in [5.41, 5.74) is 3.20. The molecule has 1 aliphatic heterocycles. The van der Waals surface area contributed by atoms with Gasteiger partial charge in [0.05, 0.1) is 23.4 Å². The average molecular weight is 556 g/mol. The number of hydrogen-bond acceptors (Lipinski definition) is 10. The van der Waals surface area contributed by atoms with Crippen LogP contribution in [0.4, 0.5) is 15.7 Å². The van der Waals surface area contributed by atoms with Crippen molar-refractivity contribution in [1.29, 1.82) is 0 Å². The highest BCUT2D eigenvalue weighted by atomic mass is 32.2. The molecular weight excluding hydrogens is 526 g/mol. The van der Waals surface area contributed by atoms with Crippen molar-refractivity contribution < 1.29 is 14.3 Å². The Morgan fingerprint density at radius 3 is 2.74 bits per heavy atom. The molecule has 0 bridgehead atoms. The molecule has 3 N–H and O–H groups in total. The van der Waals surface area contributed by atoms with Crippen LogP contribution in [0.1, 0.15) is 24.5 Å². The normalized spacial score (nSPS) is 14.2. The lowest BCUT2D eigenvalue weighted by atomic mass is 10.2. The first-order chi connectivity index (χ1) is 18.4. The van der Waals surface area contributed by atoms with E-state index in [1.54, 1.807) is 11.4 Å².